The molecule has 0 spiro atoms. The summed E-state index contributed by atoms with van der Waals surface area (Å²) in [6.07, 6.45) is 5.46. The molecule has 1 aromatic heterocycles. The Balaban J connectivity index is 1.91. The number of aromatic nitrogens is 2. The van der Waals surface area contributed by atoms with Crippen molar-refractivity contribution >= 4 is 17.5 Å². The molecule has 88 valence electrons. The number of nitrogens with zero attached hydrogens (tertiary/aromatic N) is 2. The number of rotatable bonds is 4. The van der Waals surface area contributed by atoms with Crippen molar-refractivity contribution in [2.45, 2.75) is 37.4 Å². The van der Waals surface area contributed by atoms with Gasteiger partial charge >= 0.3 is 0 Å². The van der Waals surface area contributed by atoms with Crippen LogP contribution in [0, 0.1) is 0 Å². The molecule has 1 aliphatic rings. The molecule has 0 aliphatic carbocycles. The Kier molecular flexibility index (Phi) is 3.38. The summed E-state index contributed by atoms with van der Waals surface area (Å²) in [6.45, 7) is 2.09. The van der Waals surface area contributed by atoms with Crippen molar-refractivity contribution in [2.24, 2.45) is 7.05 Å². The second-order valence-electron chi connectivity index (χ2n) is 4.55. The van der Waals surface area contributed by atoms with E-state index in [0.29, 0.717) is 12.2 Å². The van der Waals surface area contributed by atoms with E-state index in [-0.39, 0.29) is 4.75 Å². The number of hydrogen-bond donors (Lipinski definition) is 0. The number of aryl methyl sites for hydroxylation is 2. The fraction of sp³-hybridized carbons (Fsp3) is 0.667. The van der Waals surface area contributed by atoms with E-state index in [0.717, 1.165) is 24.3 Å². The summed E-state index contributed by atoms with van der Waals surface area (Å²) in [4.78, 5) is 12.1. The predicted octanol–water partition coefficient (Wildman–Crippen LogP) is 2.21. The molecule has 0 saturated carbocycles. The molecular formula is C12H18N2OS. The van der Waals surface area contributed by atoms with Crippen LogP contribution < -0.4 is 0 Å². The number of thioether (sulfide) groups is 1. The van der Waals surface area contributed by atoms with E-state index in [4.69, 9.17) is 0 Å². The second-order valence-corrected chi connectivity index (χ2v) is 6.15. The Bertz CT molecular complexity index is 380. The van der Waals surface area contributed by atoms with Crippen LogP contribution >= 0.6 is 11.8 Å². The monoisotopic (exact) mass is 238 g/mol. The average molecular weight is 238 g/mol. The van der Waals surface area contributed by atoms with Gasteiger partial charge in [-0.25, -0.2) is 0 Å². The summed E-state index contributed by atoms with van der Waals surface area (Å²) in [5.74, 6) is 1.53. The van der Waals surface area contributed by atoms with Crippen LogP contribution in [-0.4, -0.2) is 26.1 Å². The maximum absolute atomic E-state index is 12.1. The van der Waals surface area contributed by atoms with Crippen molar-refractivity contribution in [3.8, 4) is 0 Å². The Hall–Kier alpha value is -0.770. The third-order valence-corrected chi connectivity index (χ3v) is 4.90. The van der Waals surface area contributed by atoms with Gasteiger partial charge in [-0.2, -0.15) is 5.10 Å². The number of carbonyl (C=O) groups excluding carboxylic acids is 1. The highest BCUT2D eigenvalue weighted by Gasteiger charge is 2.36. The van der Waals surface area contributed by atoms with E-state index in [9.17, 15) is 4.79 Å². The lowest BCUT2D eigenvalue weighted by Crippen LogP contribution is -2.29. The predicted molar refractivity (Wildman–Crippen MR) is 66.6 cm³/mol. The summed E-state index contributed by atoms with van der Waals surface area (Å²) in [5, 5.41) is 4.11. The molecular weight excluding hydrogens is 220 g/mol. The van der Waals surface area contributed by atoms with E-state index in [2.05, 4.69) is 12.0 Å². The van der Waals surface area contributed by atoms with Crippen molar-refractivity contribution in [2.75, 3.05) is 5.75 Å². The number of ketones is 1. The van der Waals surface area contributed by atoms with Gasteiger partial charge in [-0.05, 0) is 38.0 Å². The zero-order valence-electron chi connectivity index (χ0n) is 9.90. The number of Topliss-reactive ketones (excluding diaryl/α,β-unsaturated/α-hetero) is 1. The van der Waals surface area contributed by atoms with E-state index in [1.54, 1.807) is 6.20 Å². The molecule has 1 aromatic rings. The fourth-order valence-corrected chi connectivity index (χ4v) is 3.44. The highest BCUT2D eigenvalue weighted by Crippen LogP contribution is 2.39. The van der Waals surface area contributed by atoms with Crippen molar-refractivity contribution in [3.05, 3.63) is 18.0 Å². The molecule has 3 nitrogen and oxygen atoms in total. The van der Waals surface area contributed by atoms with Crippen molar-refractivity contribution in [3.63, 3.8) is 0 Å². The van der Waals surface area contributed by atoms with Crippen LogP contribution in [0.2, 0.25) is 0 Å². The number of carbonyl (C=O) groups is 1. The van der Waals surface area contributed by atoms with E-state index in [1.165, 1.54) is 6.42 Å². The summed E-state index contributed by atoms with van der Waals surface area (Å²) in [5.41, 5.74) is 1.14. The lowest BCUT2D eigenvalue weighted by Gasteiger charge is -2.20. The Morgan fingerprint density at radius 2 is 2.50 bits per heavy atom. The molecule has 1 aliphatic heterocycles. The van der Waals surface area contributed by atoms with Crippen LogP contribution in [0.3, 0.4) is 0 Å². The molecule has 0 aromatic carbocycles. The standard InChI is InChI=1S/C12H18N2OS/c1-12(7-3-9-16-12)11(15)5-4-10-6-8-13-14(10)2/h6,8H,3-5,7,9H2,1-2H3. The zero-order valence-corrected chi connectivity index (χ0v) is 10.7. The van der Waals surface area contributed by atoms with Gasteiger partial charge in [-0.1, -0.05) is 0 Å². The normalized spacial score (nSPS) is 24.9. The minimum atomic E-state index is -0.113. The molecule has 4 heteroatoms. The van der Waals surface area contributed by atoms with Gasteiger partial charge in [0, 0.05) is 25.4 Å². The summed E-state index contributed by atoms with van der Waals surface area (Å²) < 4.78 is 1.73. The van der Waals surface area contributed by atoms with Gasteiger partial charge in [0.1, 0.15) is 5.78 Å². The second kappa shape index (κ2) is 4.62. The fourth-order valence-electron chi connectivity index (χ4n) is 2.15. The summed E-state index contributed by atoms with van der Waals surface area (Å²) in [6, 6.07) is 1.98. The highest BCUT2D eigenvalue weighted by molar-refractivity contribution is 8.01. The molecule has 1 fully saturated rings. The molecule has 1 atom stereocenters. The van der Waals surface area contributed by atoms with Gasteiger partial charge in [0.15, 0.2) is 0 Å². The topological polar surface area (TPSA) is 34.9 Å². The van der Waals surface area contributed by atoms with Crippen LogP contribution in [0.25, 0.3) is 0 Å². The summed E-state index contributed by atoms with van der Waals surface area (Å²) >= 11 is 1.82. The van der Waals surface area contributed by atoms with Crippen molar-refractivity contribution in [1.82, 2.24) is 9.78 Å². The molecule has 0 amide bonds. The van der Waals surface area contributed by atoms with Crippen molar-refractivity contribution in [1.29, 1.82) is 0 Å². The molecule has 0 N–H and O–H groups in total. The third-order valence-electron chi connectivity index (χ3n) is 3.34. The largest absolute Gasteiger partial charge is 0.298 e. The van der Waals surface area contributed by atoms with Crippen LogP contribution in [0.4, 0.5) is 0 Å². The SMILES string of the molecule is Cn1nccc1CCC(=O)C1(C)CCCS1. The molecule has 2 heterocycles. The van der Waals surface area contributed by atoms with Crippen LogP contribution in [0.1, 0.15) is 31.9 Å². The first-order valence-corrected chi connectivity index (χ1v) is 6.74. The molecule has 0 bridgehead atoms. The first-order chi connectivity index (χ1) is 7.62. The van der Waals surface area contributed by atoms with Crippen LogP contribution in [-0.2, 0) is 18.3 Å². The molecule has 1 saturated heterocycles. The minimum absolute atomic E-state index is 0.113. The van der Waals surface area contributed by atoms with Gasteiger partial charge in [-0.3, -0.25) is 9.48 Å². The third kappa shape index (κ3) is 2.32. The average Bonchev–Trinajstić information content (AvgIpc) is 2.85. The van der Waals surface area contributed by atoms with Gasteiger partial charge in [0.25, 0.3) is 0 Å². The molecule has 16 heavy (non-hydrogen) atoms. The van der Waals surface area contributed by atoms with E-state index >= 15 is 0 Å². The molecule has 1 unspecified atom stereocenters. The van der Waals surface area contributed by atoms with Crippen molar-refractivity contribution < 1.29 is 4.79 Å². The van der Waals surface area contributed by atoms with Gasteiger partial charge < -0.3 is 0 Å². The lowest BCUT2D eigenvalue weighted by atomic mass is 9.96. The van der Waals surface area contributed by atoms with Crippen LogP contribution in [0.15, 0.2) is 12.3 Å². The zero-order chi connectivity index (χ0) is 11.6. The molecule has 0 radical (unpaired) electrons. The Morgan fingerprint density at radius 3 is 3.06 bits per heavy atom. The van der Waals surface area contributed by atoms with Crippen LogP contribution in [0.5, 0.6) is 0 Å². The number of hydrogen-bond acceptors (Lipinski definition) is 3. The maximum Gasteiger partial charge on any atom is 0.148 e. The van der Waals surface area contributed by atoms with E-state index in [1.807, 2.05) is 29.6 Å². The van der Waals surface area contributed by atoms with Gasteiger partial charge in [-0.15, -0.1) is 11.8 Å². The molecule has 2 rings (SSSR count). The smallest absolute Gasteiger partial charge is 0.148 e. The summed E-state index contributed by atoms with van der Waals surface area (Å²) in [7, 11) is 1.92. The van der Waals surface area contributed by atoms with Gasteiger partial charge in [0.05, 0.1) is 4.75 Å². The highest BCUT2D eigenvalue weighted by atomic mass is 32.2. The lowest BCUT2D eigenvalue weighted by molar-refractivity contribution is -0.121. The maximum atomic E-state index is 12.1. The first-order valence-electron chi connectivity index (χ1n) is 5.76. The minimum Gasteiger partial charge on any atom is -0.298 e. The van der Waals surface area contributed by atoms with Gasteiger partial charge in [0.2, 0.25) is 0 Å². The first kappa shape index (κ1) is 11.7. The van der Waals surface area contributed by atoms with E-state index < -0.39 is 0 Å². The Labute approximate surface area is 101 Å². The quantitative estimate of drug-likeness (QED) is 0.806. The Morgan fingerprint density at radius 1 is 1.69 bits per heavy atom.